The highest BCUT2D eigenvalue weighted by Gasteiger charge is 2.11. The van der Waals surface area contributed by atoms with Crippen LogP contribution in [-0.4, -0.2) is 22.1 Å². The van der Waals surface area contributed by atoms with Crippen molar-refractivity contribution in [2.24, 2.45) is 5.73 Å². The largest absolute Gasteiger partial charge is 0.480 e. The first-order chi connectivity index (χ1) is 7.66. The summed E-state index contributed by atoms with van der Waals surface area (Å²) >= 11 is 0. The molecule has 0 spiro atoms. The van der Waals surface area contributed by atoms with E-state index in [0.29, 0.717) is 6.42 Å². The molecule has 4 heteroatoms. The molecular formula is C12H12N2O2. The van der Waals surface area contributed by atoms with E-state index in [2.05, 4.69) is 4.98 Å². The molecule has 0 amide bonds. The Morgan fingerprint density at radius 2 is 2.19 bits per heavy atom. The lowest BCUT2D eigenvalue weighted by atomic mass is 10.0. The summed E-state index contributed by atoms with van der Waals surface area (Å²) in [4.78, 5) is 14.7. The Morgan fingerprint density at radius 1 is 1.38 bits per heavy atom. The summed E-state index contributed by atoms with van der Waals surface area (Å²) in [5.74, 6) is -0.980. The van der Waals surface area contributed by atoms with Gasteiger partial charge in [0.15, 0.2) is 0 Å². The molecule has 1 aromatic heterocycles. The number of carboxylic acids is 1. The summed E-state index contributed by atoms with van der Waals surface area (Å²) in [5.41, 5.74) is 6.39. The summed E-state index contributed by atoms with van der Waals surface area (Å²) in [5, 5.41) is 10.8. The number of pyridine rings is 1. The zero-order valence-electron chi connectivity index (χ0n) is 8.63. The zero-order chi connectivity index (χ0) is 11.5. The fraction of sp³-hybridized carbons (Fsp3) is 0.167. The maximum atomic E-state index is 10.6. The van der Waals surface area contributed by atoms with Crippen molar-refractivity contribution in [2.45, 2.75) is 12.5 Å². The second-order valence-corrected chi connectivity index (χ2v) is 3.71. The van der Waals surface area contributed by atoms with Gasteiger partial charge in [-0.3, -0.25) is 9.78 Å². The minimum atomic E-state index is -0.980. The molecule has 16 heavy (non-hydrogen) atoms. The summed E-state index contributed by atoms with van der Waals surface area (Å²) in [7, 11) is 0. The molecule has 4 nitrogen and oxygen atoms in total. The molecule has 1 heterocycles. The summed E-state index contributed by atoms with van der Waals surface area (Å²) < 4.78 is 0. The minimum Gasteiger partial charge on any atom is -0.480 e. The van der Waals surface area contributed by atoms with Crippen molar-refractivity contribution in [3.63, 3.8) is 0 Å². The number of rotatable bonds is 3. The molecule has 82 valence electrons. The Kier molecular flexibility index (Phi) is 2.83. The fourth-order valence-electron chi connectivity index (χ4n) is 1.60. The van der Waals surface area contributed by atoms with Gasteiger partial charge in [-0.1, -0.05) is 12.1 Å². The number of hydrogen-bond donors (Lipinski definition) is 2. The third kappa shape index (κ3) is 2.17. The van der Waals surface area contributed by atoms with Gasteiger partial charge in [-0.25, -0.2) is 0 Å². The maximum absolute atomic E-state index is 10.6. The molecule has 0 aliphatic heterocycles. The molecule has 2 rings (SSSR count). The number of carbonyl (C=O) groups is 1. The lowest BCUT2D eigenvalue weighted by molar-refractivity contribution is -0.138. The van der Waals surface area contributed by atoms with Gasteiger partial charge in [0.1, 0.15) is 6.04 Å². The van der Waals surface area contributed by atoms with Crippen molar-refractivity contribution in [1.82, 2.24) is 4.98 Å². The van der Waals surface area contributed by atoms with Gasteiger partial charge in [-0.15, -0.1) is 0 Å². The molecule has 0 radical (unpaired) electrons. The van der Waals surface area contributed by atoms with Gasteiger partial charge in [0, 0.05) is 17.8 Å². The zero-order valence-corrected chi connectivity index (χ0v) is 8.63. The molecule has 0 saturated carbocycles. The number of aliphatic carboxylic acids is 1. The van der Waals surface area contributed by atoms with Crippen molar-refractivity contribution in [3.05, 3.63) is 42.2 Å². The predicted octanol–water partition coefficient (Wildman–Crippen LogP) is 1.19. The minimum absolute atomic E-state index is 0.333. The van der Waals surface area contributed by atoms with Crippen molar-refractivity contribution < 1.29 is 9.90 Å². The number of hydrogen-bond acceptors (Lipinski definition) is 3. The van der Waals surface area contributed by atoms with Crippen LogP contribution in [0, 0.1) is 0 Å². The van der Waals surface area contributed by atoms with Crippen LogP contribution in [0.2, 0.25) is 0 Å². The first-order valence-electron chi connectivity index (χ1n) is 4.98. The van der Waals surface area contributed by atoms with Crippen LogP contribution in [0.4, 0.5) is 0 Å². The fourth-order valence-corrected chi connectivity index (χ4v) is 1.60. The summed E-state index contributed by atoms with van der Waals surface area (Å²) in [6, 6.07) is 6.82. The van der Waals surface area contributed by atoms with E-state index < -0.39 is 12.0 Å². The van der Waals surface area contributed by atoms with Crippen LogP contribution in [0.5, 0.6) is 0 Å². The van der Waals surface area contributed by atoms with Gasteiger partial charge in [-0.2, -0.15) is 0 Å². The van der Waals surface area contributed by atoms with Crippen LogP contribution in [0.1, 0.15) is 5.56 Å². The molecule has 0 unspecified atom stereocenters. The molecule has 1 atom stereocenters. The number of carboxylic acid groups (broad SMARTS) is 1. The SMILES string of the molecule is N[C@@H](Cc1ccc2ccncc2c1)C(=O)O. The van der Waals surface area contributed by atoms with Gasteiger partial charge in [0.2, 0.25) is 0 Å². The maximum Gasteiger partial charge on any atom is 0.320 e. The molecule has 0 bridgehead atoms. The van der Waals surface area contributed by atoms with Crippen LogP contribution in [0.15, 0.2) is 36.7 Å². The van der Waals surface area contributed by atoms with E-state index in [-0.39, 0.29) is 0 Å². The van der Waals surface area contributed by atoms with E-state index in [1.165, 1.54) is 0 Å². The van der Waals surface area contributed by atoms with Crippen molar-refractivity contribution in [2.75, 3.05) is 0 Å². The van der Waals surface area contributed by atoms with Crippen LogP contribution in [0.25, 0.3) is 10.8 Å². The smallest absolute Gasteiger partial charge is 0.320 e. The van der Waals surface area contributed by atoms with E-state index in [1.807, 2.05) is 24.3 Å². The van der Waals surface area contributed by atoms with Gasteiger partial charge >= 0.3 is 5.97 Å². The lowest BCUT2D eigenvalue weighted by Crippen LogP contribution is -2.32. The topological polar surface area (TPSA) is 76.2 Å². The first-order valence-corrected chi connectivity index (χ1v) is 4.98. The molecule has 0 aliphatic rings. The van der Waals surface area contributed by atoms with E-state index in [4.69, 9.17) is 10.8 Å². The molecule has 0 saturated heterocycles. The quantitative estimate of drug-likeness (QED) is 0.808. The van der Waals surface area contributed by atoms with Crippen molar-refractivity contribution >= 4 is 16.7 Å². The normalized spacial score (nSPS) is 12.6. The summed E-state index contributed by atoms with van der Waals surface area (Å²) in [6.07, 6.45) is 3.82. The van der Waals surface area contributed by atoms with Crippen LogP contribution >= 0.6 is 0 Å². The number of nitrogens with two attached hydrogens (primary N) is 1. The van der Waals surface area contributed by atoms with Crippen LogP contribution in [0.3, 0.4) is 0 Å². The Bertz CT molecular complexity index is 525. The van der Waals surface area contributed by atoms with Crippen molar-refractivity contribution in [1.29, 1.82) is 0 Å². The van der Waals surface area contributed by atoms with Gasteiger partial charge in [-0.05, 0) is 29.5 Å². The van der Waals surface area contributed by atoms with Crippen molar-refractivity contribution in [3.8, 4) is 0 Å². The van der Waals surface area contributed by atoms with Crippen LogP contribution < -0.4 is 5.73 Å². The third-order valence-corrected chi connectivity index (χ3v) is 2.48. The molecule has 2 aromatic rings. The highest BCUT2D eigenvalue weighted by Crippen LogP contribution is 2.15. The highest BCUT2D eigenvalue weighted by atomic mass is 16.4. The van der Waals surface area contributed by atoms with E-state index in [9.17, 15) is 4.79 Å². The highest BCUT2D eigenvalue weighted by molar-refractivity contribution is 5.82. The average molecular weight is 216 g/mol. The molecule has 1 aromatic carbocycles. The number of aromatic nitrogens is 1. The monoisotopic (exact) mass is 216 g/mol. The van der Waals surface area contributed by atoms with E-state index >= 15 is 0 Å². The second kappa shape index (κ2) is 4.28. The molecule has 3 N–H and O–H groups in total. The molecule has 0 aliphatic carbocycles. The first kappa shape index (κ1) is 10.6. The lowest BCUT2D eigenvalue weighted by Gasteiger charge is -2.07. The number of benzene rings is 1. The van der Waals surface area contributed by atoms with E-state index in [1.54, 1.807) is 12.4 Å². The Morgan fingerprint density at radius 3 is 2.94 bits per heavy atom. The number of fused-ring (bicyclic) bond motifs is 1. The summed E-state index contributed by atoms with van der Waals surface area (Å²) in [6.45, 7) is 0. The molecular weight excluding hydrogens is 204 g/mol. The Labute approximate surface area is 92.7 Å². The van der Waals surface area contributed by atoms with Gasteiger partial charge in [0.25, 0.3) is 0 Å². The number of nitrogens with zero attached hydrogens (tertiary/aromatic N) is 1. The average Bonchev–Trinajstić information content (AvgIpc) is 2.28. The standard InChI is InChI=1S/C12H12N2O2/c13-11(12(15)16)6-8-1-2-9-3-4-14-7-10(9)5-8/h1-5,7,11H,6,13H2,(H,15,16)/t11-/m0/s1. The molecule has 0 fully saturated rings. The van der Waals surface area contributed by atoms with Crippen LogP contribution in [-0.2, 0) is 11.2 Å². The van der Waals surface area contributed by atoms with Gasteiger partial charge < -0.3 is 10.8 Å². The Balaban J connectivity index is 2.29. The third-order valence-electron chi connectivity index (χ3n) is 2.48. The van der Waals surface area contributed by atoms with Gasteiger partial charge in [0.05, 0.1) is 0 Å². The second-order valence-electron chi connectivity index (χ2n) is 3.71. The predicted molar refractivity (Wildman–Crippen MR) is 61.1 cm³/mol. The van der Waals surface area contributed by atoms with E-state index in [0.717, 1.165) is 16.3 Å². The Hall–Kier alpha value is -1.94.